The molecule has 1 N–H and O–H groups in total. The van der Waals surface area contributed by atoms with Gasteiger partial charge in [0.2, 0.25) is 5.91 Å². The van der Waals surface area contributed by atoms with Gasteiger partial charge in [-0.2, -0.15) is 0 Å². The van der Waals surface area contributed by atoms with Gasteiger partial charge in [0, 0.05) is 31.4 Å². The van der Waals surface area contributed by atoms with E-state index in [0.29, 0.717) is 31.5 Å². The van der Waals surface area contributed by atoms with Gasteiger partial charge in [0.25, 0.3) is 5.91 Å². The lowest BCUT2D eigenvalue weighted by Crippen LogP contribution is -2.37. The summed E-state index contributed by atoms with van der Waals surface area (Å²) < 4.78 is 12.9. The van der Waals surface area contributed by atoms with E-state index >= 15 is 0 Å². The second-order valence-corrected chi connectivity index (χ2v) is 6.28. The summed E-state index contributed by atoms with van der Waals surface area (Å²) in [4.78, 5) is 30.2. The summed E-state index contributed by atoms with van der Waals surface area (Å²) in [6, 6.07) is 9.58. The molecule has 1 unspecified atom stereocenters. The number of halogens is 1. The van der Waals surface area contributed by atoms with Crippen LogP contribution in [0, 0.1) is 12.7 Å². The molecule has 1 aliphatic rings. The second-order valence-electron chi connectivity index (χ2n) is 6.28. The Bertz CT molecular complexity index is 759. The van der Waals surface area contributed by atoms with Crippen LogP contribution in [-0.4, -0.2) is 40.8 Å². The highest BCUT2D eigenvalue weighted by atomic mass is 19.1. The van der Waals surface area contributed by atoms with Crippen LogP contribution in [0.25, 0.3) is 0 Å². The van der Waals surface area contributed by atoms with Crippen molar-refractivity contribution in [1.29, 1.82) is 0 Å². The van der Waals surface area contributed by atoms with Crippen LogP contribution in [0.4, 0.5) is 4.39 Å². The Labute approximate surface area is 145 Å². The van der Waals surface area contributed by atoms with Gasteiger partial charge in [-0.1, -0.05) is 12.1 Å². The van der Waals surface area contributed by atoms with Crippen LogP contribution in [0.3, 0.4) is 0 Å². The molecule has 0 bridgehead atoms. The molecule has 1 aliphatic heterocycles. The third kappa shape index (κ3) is 4.41. The highest BCUT2D eigenvalue weighted by Crippen LogP contribution is 2.13. The minimum Gasteiger partial charge on any atom is -0.347 e. The Kier molecular flexibility index (Phi) is 5.07. The lowest BCUT2D eigenvalue weighted by atomic mass is 10.1. The fourth-order valence-corrected chi connectivity index (χ4v) is 2.87. The van der Waals surface area contributed by atoms with Crippen molar-refractivity contribution in [3.05, 3.63) is 65.2 Å². The number of hydrogen-bond acceptors (Lipinski definition) is 3. The minimum absolute atomic E-state index is 0.0226. The van der Waals surface area contributed by atoms with Crippen molar-refractivity contribution >= 4 is 11.8 Å². The molecule has 25 heavy (non-hydrogen) atoms. The second kappa shape index (κ2) is 7.42. The van der Waals surface area contributed by atoms with Crippen molar-refractivity contribution in [2.24, 2.45) is 0 Å². The number of nitrogens with one attached hydrogen (secondary N) is 1. The SMILES string of the molecule is Cc1ccc(C(=O)NC2CC(=O)N(CCc3ccc(F)cc3)C2)cn1. The van der Waals surface area contributed by atoms with Gasteiger partial charge >= 0.3 is 0 Å². The zero-order chi connectivity index (χ0) is 17.8. The van der Waals surface area contributed by atoms with Crippen LogP contribution in [0.5, 0.6) is 0 Å². The number of nitrogens with zero attached hydrogens (tertiary/aromatic N) is 2. The molecule has 6 heteroatoms. The largest absolute Gasteiger partial charge is 0.347 e. The molecule has 0 saturated carbocycles. The first-order valence-electron chi connectivity index (χ1n) is 8.27. The predicted octanol–water partition coefficient (Wildman–Crippen LogP) is 2.10. The quantitative estimate of drug-likeness (QED) is 0.906. The number of aromatic nitrogens is 1. The molecule has 2 heterocycles. The number of carbonyl (C=O) groups is 2. The molecule has 130 valence electrons. The number of aryl methyl sites for hydroxylation is 1. The average molecular weight is 341 g/mol. The summed E-state index contributed by atoms with van der Waals surface area (Å²) in [5.74, 6) is -0.463. The fourth-order valence-electron chi connectivity index (χ4n) is 2.87. The minimum atomic E-state index is -0.269. The smallest absolute Gasteiger partial charge is 0.253 e. The Hall–Kier alpha value is -2.76. The average Bonchev–Trinajstić information content (AvgIpc) is 2.94. The number of hydrogen-bond donors (Lipinski definition) is 1. The summed E-state index contributed by atoms with van der Waals surface area (Å²) in [6.45, 7) is 2.91. The highest BCUT2D eigenvalue weighted by Gasteiger charge is 2.30. The van der Waals surface area contributed by atoms with E-state index in [1.54, 1.807) is 29.2 Å². The molecule has 1 aromatic carbocycles. The molecule has 1 atom stereocenters. The lowest BCUT2D eigenvalue weighted by Gasteiger charge is -2.17. The van der Waals surface area contributed by atoms with Crippen LogP contribution in [-0.2, 0) is 11.2 Å². The number of pyridine rings is 1. The van der Waals surface area contributed by atoms with Gasteiger partial charge in [-0.15, -0.1) is 0 Å². The molecule has 3 rings (SSSR count). The highest BCUT2D eigenvalue weighted by molar-refractivity contribution is 5.94. The van der Waals surface area contributed by atoms with Crippen molar-refractivity contribution < 1.29 is 14.0 Å². The topological polar surface area (TPSA) is 62.3 Å². The Morgan fingerprint density at radius 3 is 2.72 bits per heavy atom. The van der Waals surface area contributed by atoms with E-state index in [2.05, 4.69) is 10.3 Å². The van der Waals surface area contributed by atoms with Gasteiger partial charge in [0.1, 0.15) is 5.82 Å². The first-order valence-corrected chi connectivity index (χ1v) is 8.27. The molecule has 2 aromatic rings. The maximum absolute atomic E-state index is 12.9. The van der Waals surface area contributed by atoms with Crippen LogP contribution in [0.15, 0.2) is 42.6 Å². The van der Waals surface area contributed by atoms with Gasteiger partial charge in [0.05, 0.1) is 11.6 Å². The van der Waals surface area contributed by atoms with Crippen LogP contribution in [0.1, 0.15) is 28.0 Å². The van der Waals surface area contributed by atoms with E-state index in [1.165, 1.54) is 18.3 Å². The predicted molar refractivity (Wildman–Crippen MR) is 91.5 cm³/mol. The maximum Gasteiger partial charge on any atom is 0.253 e. The Morgan fingerprint density at radius 2 is 2.04 bits per heavy atom. The zero-order valence-corrected chi connectivity index (χ0v) is 14.0. The molecular weight excluding hydrogens is 321 g/mol. The Morgan fingerprint density at radius 1 is 1.28 bits per heavy atom. The number of likely N-dealkylation sites (tertiary alicyclic amines) is 1. The summed E-state index contributed by atoms with van der Waals surface area (Å²) >= 11 is 0. The first kappa shape index (κ1) is 17.1. The molecule has 0 spiro atoms. The Balaban J connectivity index is 1.52. The van der Waals surface area contributed by atoms with Crippen molar-refractivity contribution in [2.75, 3.05) is 13.1 Å². The molecule has 5 nitrogen and oxygen atoms in total. The van der Waals surface area contributed by atoms with E-state index < -0.39 is 0 Å². The third-order valence-electron chi connectivity index (χ3n) is 4.31. The maximum atomic E-state index is 12.9. The normalized spacial score (nSPS) is 17.0. The van der Waals surface area contributed by atoms with Crippen LogP contribution in [0.2, 0.25) is 0 Å². The van der Waals surface area contributed by atoms with Crippen molar-refractivity contribution in [3.63, 3.8) is 0 Å². The standard InChI is InChI=1S/C19H20FN3O2/c1-13-2-5-15(11-21-13)19(25)22-17-10-18(24)23(12-17)9-8-14-3-6-16(20)7-4-14/h2-7,11,17H,8-10,12H2,1H3,(H,22,25). The summed E-state index contributed by atoms with van der Waals surface area (Å²) in [5, 5.41) is 2.89. The first-order chi connectivity index (χ1) is 12.0. The van der Waals surface area contributed by atoms with Gasteiger partial charge in [-0.05, 0) is 43.2 Å². The number of carbonyl (C=O) groups excluding carboxylic acids is 2. The van der Waals surface area contributed by atoms with E-state index in [9.17, 15) is 14.0 Å². The fraction of sp³-hybridized carbons (Fsp3) is 0.316. The molecule has 1 saturated heterocycles. The number of amides is 2. The van der Waals surface area contributed by atoms with Crippen LogP contribution < -0.4 is 5.32 Å². The van der Waals surface area contributed by atoms with Crippen molar-refractivity contribution in [1.82, 2.24) is 15.2 Å². The molecule has 1 fully saturated rings. The van der Waals surface area contributed by atoms with E-state index in [0.717, 1.165) is 11.3 Å². The summed E-state index contributed by atoms with van der Waals surface area (Å²) in [7, 11) is 0. The number of rotatable bonds is 5. The van der Waals surface area contributed by atoms with Gasteiger partial charge in [-0.3, -0.25) is 14.6 Å². The van der Waals surface area contributed by atoms with Crippen LogP contribution >= 0.6 is 0 Å². The third-order valence-corrected chi connectivity index (χ3v) is 4.31. The molecule has 1 aromatic heterocycles. The van der Waals surface area contributed by atoms with Crippen molar-refractivity contribution in [2.45, 2.75) is 25.8 Å². The number of benzene rings is 1. The summed E-state index contributed by atoms with van der Waals surface area (Å²) in [6.07, 6.45) is 2.50. The zero-order valence-electron chi connectivity index (χ0n) is 14.0. The van der Waals surface area contributed by atoms with E-state index in [1.807, 2.05) is 6.92 Å². The van der Waals surface area contributed by atoms with Gasteiger partial charge < -0.3 is 10.2 Å². The summed E-state index contributed by atoms with van der Waals surface area (Å²) in [5.41, 5.74) is 2.31. The molecule has 0 radical (unpaired) electrons. The monoisotopic (exact) mass is 341 g/mol. The van der Waals surface area contributed by atoms with Gasteiger partial charge in [0.15, 0.2) is 0 Å². The molecular formula is C19H20FN3O2. The van der Waals surface area contributed by atoms with Gasteiger partial charge in [-0.25, -0.2) is 4.39 Å². The van der Waals surface area contributed by atoms with E-state index in [4.69, 9.17) is 0 Å². The molecule has 2 amide bonds. The van der Waals surface area contributed by atoms with Crippen molar-refractivity contribution in [3.8, 4) is 0 Å². The molecule has 0 aliphatic carbocycles. The van der Waals surface area contributed by atoms with E-state index in [-0.39, 0.29) is 23.7 Å². The lowest BCUT2D eigenvalue weighted by molar-refractivity contribution is -0.127.